The summed E-state index contributed by atoms with van der Waals surface area (Å²) in [5, 5.41) is 8.25. The molecule has 1 amide bonds. The maximum Gasteiger partial charge on any atom is 0.263 e. The zero-order chi connectivity index (χ0) is 21.1. The Bertz CT molecular complexity index is 862. The third-order valence-electron chi connectivity index (χ3n) is 6.50. The van der Waals surface area contributed by atoms with Crippen LogP contribution in [0, 0.1) is 18.8 Å². The van der Waals surface area contributed by atoms with Crippen LogP contribution in [0.15, 0.2) is 4.52 Å². The van der Waals surface area contributed by atoms with E-state index in [2.05, 4.69) is 34.2 Å². The molecule has 2 aromatic rings. The van der Waals surface area contributed by atoms with E-state index in [0.717, 1.165) is 42.8 Å². The average Bonchev–Trinajstić information content (AvgIpc) is 2.90. The maximum atomic E-state index is 12.5. The molecule has 7 heteroatoms. The molecule has 4 rings (SSSR count). The summed E-state index contributed by atoms with van der Waals surface area (Å²) >= 11 is 0. The zero-order valence-electron chi connectivity index (χ0n) is 18.6. The highest BCUT2D eigenvalue weighted by Crippen LogP contribution is 2.32. The second-order valence-electron chi connectivity index (χ2n) is 9.52. The van der Waals surface area contributed by atoms with Crippen molar-refractivity contribution in [1.82, 2.24) is 20.4 Å². The molecule has 1 aliphatic carbocycles. The summed E-state index contributed by atoms with van der Waals surface area (Å²) in [5.74, 6) is 2.91. The lowest BCUT2D eigenvalue weighted by Crippen LogP contribution is -2.39. The lowest BCUT2D eigenvalue weighted by molar-refractivity contribution is -0.121. The Kier molecular flexibility index (Phi) is 6.54. The fourth-order valence-corrected chi connectivity index (χ4v) is 5.14. The van der Waals surface area contributed by atoms with Crippen molar-refractivity contribution < 1.29 is 9.32 Å². The minimum atomic E-state index is 0.0983. The third-order valence-corrected chi connectivity index (χ3v) is 6.50. The van der Waals surface area contributed by atoms with E-state index in [-0.39, 0.29) is 5.91 Å². The summed E-state index contributed by atoms with van der Waals surface area (Å²) in [5.41, 5.74) is 1.35. The molecule has 30 heavy (non-hydrogen) atoms. The number of carbonyl (C=O) groups excluding carboxylic acids is 1. The van der Waals surface area contributed by atoms with E-state index >= 15 is 0 Å². The number of amides is 1. The van der Waals surface area contributed by atoms with Crippen LogP contribution in [-0.2, 0) is 11.2 Å². The van der Waals surface area contributed by atoms with Crippen LogP contribution in [0.25, 0.3) is 11.1 Å². The van der Waals surface area contributed by atoms with Gasteiger partial charge in [-0.3, -0.25) is 4.79 Å². The van der Waals surface area contributed by atoms with Gasteiger partial charge in [-0.05, 0) is 38.0 Å². The minimum Gasteiger partial charge on any atom is -0.355 e. The van der Waals surface area contributed by atoms with Crippen LogP contribution in [0.2, 0.25) is 0 Å². The molecule has 2 fully saturated rings. The molecule has 2 aliphatic rings. The number of nitrogens with one attached hydrogen (secondary N) is 1. The highest BCUT2D eigenvalue weighted by Gasteiger charge is 2.27. The van der Waals surface area contributed by atoms with Gasteiger partial charge in [-0.25, -0.2) is 4.98 Å². The molecule has 2 aromatic heterocycles. The van der Waals surface area contributed by atoms with Crippen molar-refractivity contribution in [2.75, 3.05) is 18.0 Å². The number of carbonyl (C=O) groups is 1. The molecule has 1 N–H and O–H groups in total. The van der Waals surface area contributed by atoms with Gasteiger partial charge in [-0.15, -0.1) is 0 Å². The molecule has 0 aromatic carbocycles. The van der Waals surface area contributed by atoms with Crippen molar-refractivity contribution >= 4 is 22.8 Å². The fourth-order valence-electron chi connectivity index (χ4n) is 5.14. The number of rotatable bonds is 5. The van der Waals surface area contributed by atoms with Gasteiger partial charge in [0.15, 0.2) is 0 Å². The number of piperidine rings is 1. The van der Waals surface area contributed by atoms with E-state index in [1.54, 1.807) is 0 Å². The highest BCUT2D eigenvalue weighted by atomic mass is 16.5. The normalized spacial score (nSPS) is 23.5. The molecule has 1 saturated carbocycles. The van der Waals surface area contributed by atoms with E-state index in [0.29, 0.717) is 42.3 Å². The van der Waals surface area contributed by atoms with E-state index in [1.807, 2.05) is 6.92 Å². The third kappa shape index (κ3) is 4.93. The van der Waals surface area contributed by atoms with Crippen LogP contribution in [0.5, 0.6) is 0 Å². The van der Waals surface area contributed by atoms with Gasteiger partial charge >= 0.3 is 0 Å². The van der Waals surface area contributed by atoms with Crippen LogP contribution in [0.3, 0.4) is 0 Å². The zero-order valence-corrected chi connectivity index (χ0v) is 18.6. The summed E-state index contributed by atoms with van der Waals surface area (Å²) in [6.45, 7) is 8.47. The van der Waals surface area contributed by atoms with E-state index in [1.165, 1.54) is 32.1 Å². The number of aryl methyl sites for hydroxylation is 2. The van der Waals surface area contributed by atoms with Gasteiger partial charge in [0.1, 0.15) is 17.0 Å². The largest absolute Gasteiger partial charge is 0.355 e. The summed E-state index contributed by atoms with van der Waals surface area (Å²) in [7, 11) is 0. The number of aromatic nitrogens is 3. The average molecular weight is 414 g/mol. The molecule has 164 valence electrons. The quantitative estimate of drug-likeness (QED) is 0.740. The molecule has 0 spiro atoms. The molecule has 0 radical (unpaired) electrons. The smallest absolute Gasteiger partial charge is 0.263 e. The van der Waals surface area contributed by atoms with E-state index in [4.69, 9.17) is 9.51 Å². The van der Waals surface area contributed by atoms with Crippen LogP contribution in [0.4, 0.5) is 5.82 Å². The predicted molar refractivity (Wildman–Crippen MR) is 117 cm³/mol. The monoisotopic (exact) mass is 413 g/mol. The summed E-state index contributed by atoms with van der Waals surface area (Å²) in [6, 6.07) is 0.326. The van der Waals surface area contributed by atoms with Crippen molar-refractivity contribution in [2.45, 2.75) is 84.6 Å². The maximum absolute atomic E-state index is 12.5. The van der Waals surface area contributed by atoms with Crippen LogP contribution in [-0.4, -0.2) is 40.2 Å². The molecule has 3 heterocycles. The fraction of sp³-hybridized carbons (Fsp3) is 0.739. The number of hydrogen-bond donors (Lipinski definition) is 1. The van der Waals surface area contributed by atoms with Gasteiger partial charge in [0.05, 0.1) is 5.69 Å². The number of nitrogens with zero attached hydrogens (tertiary/aromatic N) is 4. The number of fused-ring (bicyclic) bond motifs is 1. The standard InChI is InChI=1S/C23H35N5O2/c1-15-12-16(2)14-28(13-15)22-21-17(3)27-30-23(21)26-19(25-22)10-11-20(29)24-18-8-6-4-5-7-9-18/h15-16,18H,4-14H2,1-3H3,(H,24,29)/t15-,16-/m0/s1. The molecule has 1 saturated heterocycles. The Labute approximate surface area is 179 Å². The first-order valence-corrected chi connectivity index (χ1v) is 11.7. The van der Waals surface area contributed by atoms with Crippen molar-refractivity contribution in [3.8, 4) is 0 Å². The van der Waals surface area contributed by atoms with Crippen LogP contribution >= 0.6 is 0 Å². The van der Waals surface area contributed by atoms with Gasteiger partial charge in [0.2, 0.25) is 5.91 Å². The van der Waals surface area contributed by atoms with Gasteiger partial charge in [0.25, 0.3) is 5.71 Å². The van der Waals surface area contributed by atoms with Crippen LogP contribution in [0.1, 0.15) is 76.7 Å². The van der Waals surface area contributed by atoms with Gasteiger partial charge < -0.3 is 14.7 Å². The molecule has 0 bridgehead atoms. The van der Waals surface area contributed by atoms with E-state index in [9.17, 15) is 4.79 Å². The highest BCUT2D eigenvalue weighted by molar-refractivity contribution is 5.88. The molecule has 1 aliphatic heterocycles. The first kappa shape index (κ1) is 21.1. The van der Waals surface area contributed by atoms with Crippen LogP contribution < -0.4 is 10.2 Å². The molecular formula is C23H35N5O2. The lowest BCUT2D eigenvalue weighted by Gasteiger charge is -2.36. The Morgan fingerprint density at radius 3 is 2.50 bits per heavy atom. The van der Waals surface area contributed by atoms with Gasteiger partial charge in [0, 0.05) is 32.0 Å². The Morgan fingerprint density at radius 1 is 1.10 bits per heavy atom. The molecular weight excluding hydrogens is 378 g/mol. The first-order chi connectivity index (χ1) is 14.5. The van der Waals surface area contributed by atoms with Crippen molar-refractivity contribution in [3.63, 3.8) is 0 Å². The Morgan fingerprint density at radius 2 is 1.80 bits per heavy atom. The van der Waals surface area contributed by atoms with Crippen molar-refractivity contribution in [1.29, 1.82) is 0 Å². The minimum absolute atomic E-state index is 0.0983. The second-order valence-corrected chi connectivity index (χ2v) is 9.52. The SMILES string of the molecule is Cc1noc2nc(CCC(=O)NC3CCCCCC3)nc(N3C[C@@H](C)C[C@H](C)C3)c12. The summed E-state index contributed by atoms with van der Waals surface area (Å²) in [6.07, 6.45) is 9.35. The Hall–Kier alpha value is -2.18. The first-order valence-electron chi connectivity index (χ1n) is 11.7. The second kappa shape index (κ2) is 9.31. The number of hydrogen-bond acceptors (Lipinski definition) is 6. The molecule has 0 unspecified atom stereocenters. The van der Waals surface area contributed by atoms with Crippen molar-refractivity contribution in [2.24, 2.45) is 11.8 Å². The molecule has 2 atom stereocenters. The topological polar surface area (TPSA) is 84.1 Å². The summed E-state index contributed by atoms with van der Waals surface area (Å²) < 4.78 is 5.49. The Balaban J connectivity index is 1.48. The molecule has 7 nitrogen and oxygen atoms in total. The van der Waals surface area contributed by atoms with E-state index < -0.39 is 0 Å². The predicted octanol–water partition coefficient (Wildman–Crippen LogP) is 4.18. The van der Waals surface area contributed by atoms with Gasteiger partial charge in [-0.1, -0.05) is 44.7 Å². The van der Waals surface area contributed by atoms with Gasteiger partial charge in [-0.2, -0.15) is 4.98 Å². The lowest BCUT2D eigenvalue weighted by atomic mass is 9.92. The van der Waals surface area contributed by atoms with Crippen molar-refractivity contribution in [3.05, 3.63) is 11.5 Å². The summed E-state index contributed by atoms with van der Waals surface area (Å²) in [4.78, 5) is 24.3. The number of anilines is 1.